The summed E-state index contributed by atoms with van der Waals surface area (Å²) in [6.07, 6.45) is 1.65. The van der Waals surface area contributed by atoms with Crippen LogP contribution in [0.2, 0.25) is 18.1 Å². The normalized spacial score (nSPS) is 18.7. The van der Waals surface area contributed by atoms with E-state index in [9.17, 15) is 9.90 Å². The van der Waals surface area contributed by atoms with E-state index in [2.05, 4.69) is 33.9 Å². The number of hydrogen-bond donors (Lipinski definition) is 1. The van der Waals surface area contributed by atoms with Gasteiger partial charge in [0, 0.05) is 12.0 Å². The van der Waals surface area contributed by atoms with E-state index < -0.39 is 8.32 Å². The lowest BCUT2D eigenvalue weighted by Gasteiger charge is -2.38. The molecule has 0 heterocycles. The summed E-state index contributed by atoms with van der Waals surface area (Å²) in [5.41, 5.74) is 2.43. The zero-order valence-corrected chi connectivity index (χ0v) is 14.9. The molecule has 1 aromatic carbocycles. The van der Waals surface area contributed by atoms with Crippen LogP contribution in [0.25, 0.3) is 0 Å². The van der Waals surface area contributed by atoms with Crippen LogP contribution in [0.4, 0.5) is 0 Å². The van der Waals surface area contributed by atoms with Gasteiger partial charge >= 0.3 is 0 Å². The van der Waals surface area contributed by atoms with Crippen LogP contribution in [0.3, 0.4) is 0 Å². The molecule has 0 radical (unpaired) electrons. The first-order valence-corrected chi connectivity index (χ1v) is 10.5. The summed E-state index contributed by atoms with van der Waals surface area (Å²) in [5.74, 6) is 0.0606. The Bertz CT molecular complexity index is 570. The number of hydrogen-bond acceptors (Lipinski definition) is 3. The van der Waals surface area contributed by atoms with Gasteiger partial charge < -0.3 is 9.53 Å². The Morgan fingerprint density at radius 2 is 1.90 bits per heavy atom. The highest BCUT2D eigenvalue weighted by molar-refractivity contribution is 6.74. The van der Waals surface area contributed by atoms with Gasteiger partial charge in [0.15, 0.2) is 14.1 Å². The fourth-order valence-electron chi connectivity index (χ4n) is 2.60. The lowest BCUT2D eigenvalue weighted by molar-refractivity contribution is 0.101. The van der Waals surface area contributed by atoms with Crippen molar-refractivity contribution in [1.82, 2.24) is 0 Å². The average Bonchev–Trinajstić information content (AvgIpc) is 2.70. The van der Waals surface area contributed by atoms with Crippen molar-refractivity contribution in [2.45, 2.75) is 64.8 Å². The van der Waals surface area contributed by atoms with E-state index in [0.717, 1.165) is 17.5 Å². The molecular formula is C17H26O3Si. The van der Waals surface area contributed by atoms with E-state index in [-0.39, 0.29) is 22.7 Å². The third-order valence-electron chi connectivity index (χ3n) is 4.91. The molecule has 0 aromatic heterocycles. The third kappa shape index (κ3) is 3.06. The van der Waals surface area contributed by atoms with Gasteiger partial charge in [-0.3, -0.25) is 4.79 Å². The zero-order valence-electron chi connectivity index (χ0n) is 13.9. The van der Waals surface area contributed by atoms with Gasteiger partial charge in [0.1, 0.15) is 5.75 Å². The van der Waals surface area contributed by atoms with Crippen LogP contribution in [-0.4, -0.2) is 25.3 Å². The molecular weight excluding hydrogens is 280 g/mol. The first-order valence-electron chi connectivity index (χ1n) is 7.55. The van der Waals surface area contributed by atoms with Gasteiger partial charge in [-0.15, -0.1) is 0 Å². The van der Waals surface area contributed by atoms with Crippen LogP contribution in [0.1, 0.15) is 49.2 Å². The van der Waals surface area contributed by atoms with E-state index in [4.69, 9.17) is 4.43 Å². The maximum atomic E-state index is 11.5. The Labute approximate surface area is 128 Å². The van der Waals surface area contributed by atoms with Crippen LogP contribution in [0.15, 0.2) is 12.1 Å². The van der Waals surface area contributed by atoms with E-state index in [0.29, 0.717) is 12.0 Å². The molecule has 1 N–H and O–H groups in total. The van der Waals surface area contributed by atoms with E-state index in [1.807, 2.05) is 6.07 Å². The first kappa shape index (κ1) is 16.2. The molecule has 0 saturated carbocycles. The number of benzene rings is 1. The maximum Gasteiger partial charge on any atom is 0.192 e. The number of phenolic OH excluding ortho intramolecular Hbond substituents is 1. The summed E-state index contributed by atoms with van der Waals surface area (Å²) in [4.78, 5) is 11.5. The van der Waals surface area contributed by atoms with Crippen molar-refractivity contribution in [1.29, 1.82) is 0 Å². The number of fused-ring (bicyclic) bond motifs is 1. The predicted molar refractivity (Wildman–Crippen MR) is 87.6 cm³/mol. The number of rotatable bonds is 3. The molecule has 21 heavy (non-hydrogen) atoms. The molecule has 0 spiro atoms. The molecule has 3 nitrogen and oxygen atoms in total. The van der Waals surface area contributed by atoms with Crippen molar-refractivity contribution in [3.8, 4) is 5.75 Å². The second kappa shape index (κ2) is 5.25. The minimum atomic E-state index is -1.81. The van der Waals surface area contributed by atoms with Crippen molar-refractivity contribution >= 4 is 14.1 Å². The molecule has 1 atom stereocenters. The molecule has 0 amide bonds. The molecule has 0 fully saturated rings. The lowest BCUT2D eigenvalue weighted by Crippen LogP contribution is -2.44. The van der Waals surface area contributed by atoms with Crippen molar-refractivity contribution in [2.75, 3.05) is 0 Å². The van der Waals surface area contributed by atoms with Gasteiger partial charge in [-0.25, -0.2) is 0 Å². The molecule has 0 aliphatic heterocycles. The quantitative estimate of drug-likeness (QED) is 0.676. The van der Waals surface area contributed by atoms with Gasteiger partial charge in [-0.05, 0) is 43.1 Å². The Morgan fingerprint density at radius 3 is 2.43 bits per heavy atom. The van der Waals surface area contributed by atoms with E-state index in [1.54, 1.807) is 6.07 Å². The first-order chi connectivity index (χ1) is 9.53. The topological polar surface area (TPSA) is 46.5 Å². The second-order valence-corrected chi connectivity index (χ2v) is 12.3. The van der Waals surface area contributed by atoms with Crippen LogP contribution < -0.4 is 0 Å². The Balaban J connectivity index is 2.21. The smallest absolute Gasteiger partial charge is 0.192 e. The summed E-state index contributed by atoms with van der Waals surface area (Å²) in [6.45, 7) is 12.7. The SMILES string of the molecule is CC(=O)c1ccc2c(c1O)CC(O[Si](C)(C)C(C)(C)C)C2. The van der Waals surface area contributed by atoms with Gasteiger partial charge in [-0.2, -0.15) is 0 Å². The zero-order chi connectivity index (χ0) is 16.0. The molecule has 1 aromatic rings. The molecule has 0 saturated heterocycles. The maximum absolute atomic E-state index is 11.5. The summed E-state index contributed by atoms with van der Waals surface area (Å²) in [5, 5.41) is 10.5. The molecule has 4 heteroatoms. The molecule has 0 bridgehead atoms. The van der Waals surface area contributed by atoms with Crippen molar-refractivity contribution in [3.63, 3.8) is 0 Å². The number of ketones is 1. The lowest BCUT2D eigenvalue weighted by atomic mass is 10.0. The highest BCUT2D eigenvalue weighted by Crippen LogP contribution is 2.41. The average molecular weight is 306 g/mol. The van der Waals surface area contributed by atoms with Crippen LogP contribution in [0.5, 0.6) is 5.75 Å². The monoisotopic (exact) mass is 306 g/mol. The Kier molecular flexibility index (Phi) is 4.06. The number of phenols is 1. The number of carbonyl (C=O) groups excluding carboxylic acids is 1. The summed E-state index contributed by atoms with van der Waals surface area (Å²) in [7, 11) is -1.81. The Hall–Kier alpha value is -1.13. The summed E-state index contributed by atoms with van der Waals surface area (Å²) >= 11 is 0. The molecule has 2 rings (SSSR count). The van der Waals surface area contributed by atoms with Gasteiger partial charge in [-0.1, -0.05) is 26.8 Å². The van der Waals surface area contributed by atoms with E-state index in [1.165, 1.54) is 6.92 Å². The number of aromatic hydroxyl groups is 1. The molecule has 1 unspecified atom stereocenters. The third-order valence-corrected chi connectivity index (χ3v) is 9.44. The Morgan fingerprint density at radius 1 is 1.29 bits per heavy atom. The van der Waals surface area contributed by atoms with Crippen LogP contribution >= 0.6 is 0 Å². The molecule has 1 aliphatic carbocycles. The number of carbonyl (C=O) groups is 1. The largest absolute Gasteiger partial charge is 0.507 e. The number of Topliss-reactive ketones (excluding diaryl/α,β-unsaturated/α-hetero) is 1. The fourth-order valence-corrected chi connectivity index (χ4v) is 3.96. The minimum absolute atomic E-state index is 0.0935. The highest BCUT2D eigenvalue weighted by Gasteiger charge is 2.40. The molecule has 1 aliphatic rings. The summed E-state index contributed by atoms with van der Waals surface area (Å²) < 4.78 is 6.44. The summed E-state index contributed by atoms with van der Waals surface area (Å²) in [6, 6.07) is 3.69. The van der Waals surface area contributed by atoms with Crippen molar-refractivity contribution in [3.05, 3.63) is 28.8 Å². The van der Waals surface area contributed by atoms with E-state index >= 15 is 0 Å². The van der Waals surface area contributed by atoms with Crippen LogP contribution in [0, 0.1) is 0 Å². The second-order valence-electron chi connectivity index (χ2n) is 7.56. The van der Waals surface area contributed by atoms with Gasteiger partial charge in [0.05, 0.1) is 11.7 Å². The highest BCUT2D eigenvalue weighted by atomic mass is 28.4. The van der Waals surface area contributed by atoms with Crippen molar-refractivity contribution < 1.29 is 14.3 Å². The standard InChI is InChI=1S/C17H26O3Si/c1-11(18)14-8-7-12-9-13(10-15(12)16(14)19)20-21(5,6)17(2,3)4/h7-8,13,19H,9-10H2,1-6H3. The van der Waals surface area contributed by atoms with Crippen LogP contribution in [-0.2, 0) is 17.3 Å². The van der Waals surface area contributed by atoms with Crippen molar-refractivity contribution in [2.24, 2.45) is 0 Å². The fraction of sp³-hybridized carbons (Fsp3) is 0.588. The van der Waals surface area contributed by atoms with Gasteiger partial charge in [0.25, 0.3) is 0 Å². The minimum Gasteiger partial charge on any atom is -0.507 e. The molecule has 116 valence electrons. The predicted octanol–water partition coefficient (Wildman–Crippen LogP) is 4.08. The van der Waals surface area contributed by atoms with Gasteiger partial charge in [0.2, 0.25) is 0 Å².